The predicted octanol–water partition coefficient (Wildman–Crippen LogP) is 3.51. The summed E-state index contributed by atoms with van der Waals surface area (Å²) in [5, 5.41) is 4.77. The summed E-state index contributed by atoms with van der Waals surface area (Å²) in [6, 6.07) is 9.10. The van der Waals surface area contributed by atoms with E-state index < -0.39 is 0 Å². The summed E-state index contributed by atoms with van der Waals surface area (Å²) in [5.41, 5.74) is 0.480. The Morgan fingerprint density at radius 2 is 2.18 bits per heavy atom. The maximum absolute atomic E-state index is 12.6. The molecule has 22 heavy (non-hydrogen) atoms. The average Bonchev–Trinajstić information content (AvgIpc) is 2.92. The van der Waals surface area contributed by atoms with Gasteiger partial charge < -0.3 is 4.42 Å². The molecule has 3 rings (SSSR count). The van der Waals surface area contributed by atoms with Crippen molar-refractivity contribution in [1.29, 1.82) is 0 Å². The Morgan fingerprint density at radius 3 is 2.86 bits per heavy atom. The second kappa shape index (κ2) is 5.88. The number of aromatic nitrogens is 2. The molecule has 1 aromatic carbocycles. The number of furan rings is 1. The number of benzene rings is 1. The molecule has 0 N–H and O–H groups in total. The van der Waals surface area contributed by atoms with Gasteiger partial charge in [-0.05, 0) is 37.3 Å². The second-order valence-corrected chi connectivity index (χ2v) is 5.77. The summed E-state index contributed by atoms with van der Waals surface area (Å²) in [7, 11) is 0. The van der Waals surface area contributed by atoms with Gasteiger partial charge in [-0.25, -0.2) is 4.98 Å². The van der Waals surface area contributed by atoms with Crippen molar-refractivity contribution in [2.75, 3.05) is 0 Å². The number of aryl methyl sites for hydroxylation is 2. The molecule has 112 valence electrons. The summed E-state index contributed by atoms with van der Waals surface area (Å²) >= 11 is 3.38. The lowest BCUT2D eigenvalue weighted by atomic mass is 10.2. The lowest BCUT2D eigenvalue weighted by Crippen LogP contribution is -2.22. The topological polar surface area (TPSA) is 60.4 Å². The third-order valence-corrected chi connectivity index (χ3v) is 3.75. The zero-order chi connectivity index (χ0) is 15.7. The number of rotatable bonds is 3. The molecule has 0 aliphatic carbocycles. The maximum atomic E-state index is 12.6. The molecule has 0 fully saturated rings. The van der Waals surface area contributed by atoms with Crippen molar-refractivity contribution in [1.82, 2.24) is 9.66 Å². The molecule has 0 saturated heterocycles. The first-order chi connectivity index (χ1) is 10.6. The monoisotopic (exact) mass is 359 g/mol. The van der Waals surface area contributed by atoms with Crippen LogP contribution >= 0.6 is 15.9 Å². The highest BCUT2D eigenvalue weighted by molar-refractivity contribution is 9.10. The van der Waals surface area contributed by atoms with Crippen molar-refractivity contribution in [2.24, 2.45) is 5.10 Å². The fraction of sp³-hybridized carbons (Fsp3) is 0.188. The van der Waals surface area contributed by atoms with Gasteiger partial charge >= 0.3 is 0 Å². The van der Waals surface area contributed by atoms with Crippen LogP contribution in [0.4, 0.5) is 0 Å². The summed E-state index contributed by atoms with van der Waals surface area (Å²) < 4.78 is 7.59. The lowest BCUT2D eigenvalue weighted by molar-refractivity contribution is 0.527. The molecule has 2 heterocycles. The molecular formula is C16H14BrN3O2. The van der Waals surface area contributed by atoms with Crippen LogP contribution in [-0.4, -0.2) is 15.9 Å². The summed E-state index contributed by atoms with van der Waals surface area (Å²) in [6.45, 7) is 3.80. The minimum atomic E-state index is -0.192. The smallest absolute Gasteiger partial charge is 0.282 e. The highest BCUT2D eigenvalue weighted by Gasteiger charge is 2.09. The SMILES string of the molecule is CCc1nc2ccc(Br)cc2c(=O)n1N=Cc1ccc(C)o1. The fourth-order valence-electron chi connectivity index (χ4n) is 2.18. The first-order valence-electron chi connectivity index (χ1n) is 6.90. The molecule has 0 bridgehead atoms. The quantitative estimate of drug-likeness (QED) is 0.672. The molecule has 0 radical (unpaired) electrons. The second-order valence-electron chi connectivity index (χ2n) is 4.85. The van der Waals surface area contributed by atoms with E-state index in [4.69, 9.17) is 4.42 Å². The van der Waals surface area contributed by atoms with E-state index in [1.54, 1.807) is 12.1 Å². The Morgan fingerprint density at radius 1 is 1.36 bits per heavy atom. The van der Waals surface area contributed by atoms with Gasteiger partial charge in [0.05, 0.1) is 17.1 Å². The molecule has 2 aromatic heterocycles. The van der Waals surface area contributed by atoms with Gasteiger partial charge in [-0.2, -0.15) is 9.78 Å². The summed E-state index contributed by atoms with van der Waals surface area (Å²) in [6.07, 6.45) is 2.13. The minimum Gasteiger partial charge on any atom is -0.460 e. The predicted molar refractivity (Wildman–Crippen MR) is 89.5 cm³/mol. The van der Waals surface area contributed by atoms with Crippen LogP contribution in [-0.2, 0) is 6.42 Å². The van der Waals surface area contributed by atoms with Crippen molar-refractivity contribution < 1.29 is 4.42 Å². The molecule has 5 nitrogen and oxygen atoms in total. The van der Waals surface area contributed by atoms with E-state index in [1.807, 2.05) is 32.0 Å². The molecule has 0 unspecified atom stereocenters. The number of hydrogen-bond donors (Lipinski definition) is 0. The standard InChI is InChI=1S/C16H14BrN3O2/c1-3-15-19-14-7-5-11(17)8-13(14)16(21)20(15)18-9-12-6-4-10(2)22-12/h4-9H,3H2,1-2H3. The van der Waals surface area contributed by atoms with Crippen LogP contribution in [0.25, 0.3) is 10.9 Å². The van der Waals surface area contributed by atoms with Crippen molar-refractivity contribution >= 4 is 33.0 Å². The van der Waals surface area contributed by atoms with Gasteiger partial charge in [-0.1, -0.05) is 22.9 Å². The molecule has 0 amide bonds. The summed E-state index contributed by atoms with van der Waals surface area (Å²) in [4.78, 5) is 17.2. The van der Waals surface area contributed by atoms with E-state index in [0.29, 0.717) is 28.9 Å². The van der Waals surface area contributed by atoms with Crippen LogP contribution in [0.2, 0.25) is 0 Å². The Bertz CT molecular complexity index is 925. The lowest BCUT2D eigenvalue weighted by Gasteiger charge is -2.07. The van der Waals surface area contributed by atoms with Gasteiger partial charge in [0.15, 0.2) is 0 Å². The number of nitrogens with zero attached hydrogens (tertiary/aromatic N) is 3. The highest BCUT2D eigenvalue weighted by atomic mass is 79.9. The van der Waals surface area contributed by atoms with E-state index in [2.05, 4.69) is 26.0 Å². The Hall–Kier alpha value is -2.21. The highest BCUT2D eigenvalue weighted by Crippen LogP contribution is 2.16. The largest absolute Gasteiger partial charge is 0.460 e. The average molecular weight is 360 g/mol. The van der Waals surface area contributed by atoms with E-state index in [-0.39, 0.29) is 5.56 Å². The molecule has 3 aromatic rings. The molecule has 0 aliphatic rings. The van der Waals surface area contributed by atoms with Gasteiger partial charge in [-0.15, -0.1) is 0 Å². The first-order valence-corrected chi connectivity index (χ1v) is 7.70. The third-order valence-electron chi connectivity index (χ3n) is 3.25. The van der Waals surface area contributed by atoms with Crippen LogP contribution < -0.4 is 5.56 Å². The van der Waals surface area contributed by atoms with Gasteiger partial charge in [0.2, 0.25) is 0 Å². The Kier molecular flexibility index (Phi) is 3.94. The van der Waals surface area contributed by atoms with Crippen LogP contribution in [0, 0.1) is 6.92 Å². The van der Waals surface area contributed by atoms with E-state index in [1.165, 1.54) is 10.9 Å². The van der Waals surface area contributed by atoms with Crippen molar-refractivity contribution in [3.8, 4) is 0 Å². The van der Waals surface area contributed by atoms with Gasteiger partial charge in [-0.3, -0.25) is 4.79 Å². The van der Waals surface area contributed by atoms with Crippen molar-refractivity contribution in [3.05, 3.63) is 62.5 Å². The maximum Gasteiger partial charge on any atom is 0.282 e. The molecule has 0 saturated carbocycles. The fourth-order valence-corrected chi connectivity index (χ4v) is 2.54. The summed E-state index contributed by atoms with van der Waals surface area (Å²) in [5.74, 6) is 2.00. The third kappa shape index (κ3) is 2.74. The van der Waals surface area contributed by atoms with Crippen LogP contribution in [0.15, 0.2) is 49.1 Å². The Balaban J connectivity index is 2.17. The zero-order valence-electron chi connectivity index (χ0n) is 12.2. The molecule has 0 aliphatic heterocycles. The van der Waals surface area contributed by atoms with Gasteiger partial charge in [0.1, 0.15) is 17.3 Å². The number of fused-ring (bicyclic) bond motifs is 1. The first kappa shape index (κ1) is 14.7. The van der Waals surface area contributed by atoms with Gasteiger partial charge in [0.25, 0.3) is 5.56 Å². The number of hydrogen-bond acceptors (Lipinski definition) is 4. The van der Waals surface area contributed by atoms with E-state index in [9.17, 15) is 4.79 Å². The van der Waals surface area contributed by atoms with E-state index >= 15 is 0 Å². The van der Waals surface area contributed by atoms with Gasteiger partial charge in [0, 0.05) is 10.9 Å². The molecule has 6 heteroatoms. The Labute approximate surface area is 135 Å². The normalized spacial score (nSPS) is 11.6. The van der Waals surface area contributed by atoms with Crippen molar-refractivity contribution in [3.63, 3.8) is 0 Å². The van der Waals surface area contributed by atoms with Crippen LogP contribution in [0.3, 0.4) is 0 Å². The van der Waals surface area contributed by atoms with Crippen molar-refractivity contribution in [2.45, 2.75) is 20.3 Å². The molecule has 0 atom stereocenters. The molecular weight excluding hydrogens is 346 g/mol. The minimum absolute atomic E-state index is 0.192. The van der Waals surface area contributed by atoms with Crippen LogP contribution in [0.5, 0.6) is 0 Å². The zero-order valence-corrected chi connectivity index (χ0v) is 13.8. The molecule has 0 spiro atoms. The van der Waals surface area contributed by atoms with E-state index in [0.717, 1.165) is 10.2 Å². The number of halogens is 1. The van der Waals surface area contributed by atoms with Crippen LogP contribution in [0.1, 0.15) is 24.3 Å².